The second-order valence-corrected chi connectivity index (χ2v) is 5.17. The van der Waals surface area contributed by atoms with E-state index in [4.69, 9.17) is 5.11 Å². The molecule has 0 spiro atoms. The van der Waals surface area contributed by atoms with Crippen LogP contribution in [0.3, 0.4) is 0 Å². The summed E-state index contributed by atoms with van der Waals surface area (Å²) in [5.41, 5.74) is 1.89. The maximum atomic E-state index is 12.2. The number of allylic oxidation sites excluding steroid dienone is 1. The van der Waals surface area contributed by atoms with Gasteiger partial charge in [0, 0.05) is 19.2 Å². The average molecular weight is 275 g/mol. The van der Waals surface area contributed by atoms with Gasteiger partial charge in [-0.25, -0.2) is 0 Å². The third kappa shape index (κ3) is 5.26. The highest BCUT2D eigenvalue weighted by Crippen LogP contribution is 2.09. The Kier molecular flexibility index (Phi) is 5.97. The Balaban J connectivity index is 2.86. The molecule has 0 saturated carbocycles. The maximum absolute atomic E-state index is 12.2. The summed E-state index contributed by atoms with van der Waals surface area (Å²) < 4.78 is 0. The molecule has 1 aromatic rings. The van der Waals surface area contributed by atoms with Gasteiger partial charge in [-0.2, -0.15) is 0 Å². The summed E-state index contributed by atoms with van der Waals surface area (Å²) in [6.07, 6.45) is 1.54. The minimum absolute atomic E-state index is 0.151. The molecule has 0 bridgehead atoms. The number of rotatable bonds is 6. The molecule has 0 fully saturated rings. The molecule has 0 aromatic heterocycles. The number of aliphatic carboxylic acids is 1. The van der Waals surface area contributed by atoms with Gasteiger partial charge in [0.05, 0.1) is 5.92 Å². The number of nitrogens with zero attached hydrogens (tertiary/aromatic N) is 1. The van der Waals surface area contributed by atoms with Crippen molar-refractivity contribution in [3.05, 3.63) is 47.5 Å². The zero-order chi connectivity index (χ0) is 15.1. The van der Waals surface area contributed by atoms with Crippen molar-refractivity contribution in [1.29, 1.82) is 0 Å². The predicted molar refractivity (Wildman–Crippen MR) is 78.1 cm³/mol. The SMILES string of the molecule is CC(C)=CC(=O)N(Cc1ccccc1)C[C@@H](C)C(=O)O. The van der Waals surface area contributed by atoms with Gasteiger partial charge in [0.1, 0.15) is 0 Å². The van der Waals surface area contributed by atoms with Crippen molar-refractivity contribution in [2.24, 2.45) is 5.92 Å². The molecule has 4 nitrogen and oxygen atoms in total. The summed E-state index contributed by atoms with van der Waals surface area (Å²) in [5, 5.41) is 9.01. The fraction of sp³-hybridized carbons (Fsp3) is 0.375. The van der Waals surface area contributed by atoms with E-state index < -0.39 is 11.9 Å². The first kappa shape index (κ1) is 16.0. The summed E-state index contributed by atoms with van der Waals surface area (Å²) in [7, 11) is 0. The van der Waals surface area contributed by atoms with E-state index in [9.17, 15) is 9.59 Å². The Morgan fingerprint density at radius 2 is 1.85 bits per heavy atom. The normalized spacial score (nSPS) is 11.6. The lowest BCUT2D eigenvalue weighted by molar-refractivity contribution is -0.142. The molecule has 0 saturated heterocycles. The molecule has 0 aliphatic heterocycles. The Morgan fingerprint density at radius 1 is 1.25 bits per heavy atom. The topological polar surface area (TPSA) is 57.6 Å². The number of carboxylic acid groups (broad SMARTS) is 1. The molecule has 1 N–H and O–H groups in total. The molecular weight excluding hydrogens is 254 g/mol. The van der Waals surface area contributed by atoms with Gasteiger partial charge in [-0.05, 0) is 19.4 Å². The van der Waals surface area contributed by atoms with Crippen molar-refractivity contribution in [2.45, 2.75) is 27.3 Å². The van der Waals surface area contributed by atoms with Crippen LogP contribution in [-0.4, -0.2) is 28.4 Å². The highest BCUT2D eigenvalue weighted by Gasteiger charge is 2.19. The van der Waals surface area contributed by atoms with E-state index in [1.54, 1.807) is 11.8 Å². The van der Waals surface area contributed by atoms with Crippen molar-refractivity contribution < 1.29 is 14.7 Å². The van der Waals surface area contributed by atoms with E-state index in [1.165, 1.54) is 6.08 Å². The van der Waals surface area contributed by atoms with E-state index in [-0.39, 0.29) is 12.5 Å². The number of hydrogen-bond acceptors (Lipinski definition) is 2. The molecule has 108 valence electrons. The van der Waals surface area contributed by atoms with Gasteiger partial charge in [-0.1, -0.05) is 42.8 Å². The Morgan fingerprint density at radius 3 is 2.35 bits per heavy atom. The number of amides is 1. The first-order valence-corrected chi connectivity index (χ1v) is 6.60. The standard InChI is InChI=1S/C16H21NO3/c1-12(2)9-15(18)17(10-13(3)16(19)20)11-14-7-5-4-6-8-14/h4-9,13H,10-11H2,1-3H3,(H,19,20)/t13-/m1/s1. The van der Waals surface area contributed by atoms with E-state index in [0.29, 0.717) is 6.54 Å². The molecule has 0 aliphatic rings. The van der Waals surface area contributed by atoms with Crippen molar-refractivity contribution in [2.75, 3.05) is 6.54 Å². The maximum Gasteiger partial charge on any atom is 0.308 e. The van der Waals surface area contributed by atoms with Crippen LogP contribution in [-0.2, 0) is 16.1 Å². The zero-order valence-electron chi connectivity index (χ0n) is 12.2. The van der Waals surface area contributed by atoms with Crippen LogP contribution in [0.5, 0.6) is 0 Å². The smallest absolute Gasteiger partial charge is 0.308 e. The van der Waals surface area contributed by atoms with Gasteiger partial charge >= 0.3 is 5.97 Å². The first-order chi connectivity index (χ1) is 9.40. The molecule has 1 rings (SSSR count). The Labute approximate surface area is 119 Å². The number of carboxylic acids is 1. The second-order valence-electron chi connectivity index (χ2n) is 5.17. The second kappa shape index (κ2) is 7.48. The largest absolute Gasteiger partial charge is 0.481 e. The molecule has 1 aromatic carbocycles. The fourth-order valence-corrected chi connectivity index (χ4v) is 1.78. The number of hydrogen-bond donors (Lipinski definition) is 1. The quantitative estimate of drug-likeness (QED) is 0.812. The van der Waals surface area contributed by atoms with Crippen molar-refractivity contribution in [3.63, 3.8) is 0 Å². The lowest BCUT2D eigenvalue weighted by Gasteiger charge is -2.23. The fourth-order valence-electron chi connectivity index (χ4n) is 1.78. The van der Waals surface area contributed by atoms with Crippen LogP contribution in [0.25, 0.3) is 0 Å². The lowest BCUT2D eigenvalue weighted by Crippen LogP contribution is -2.35. The minimum atomic E-state index is -0.895. The third-order valence-corrected chi connectivity index (χ3v) is 2.86. The minimum Gasteiger partial charge on any atom is -0.481 e. The van der Waals surface area contributed by atoms with Gasteiger partial charge < -0.3 is 10.0 Å². The molecule has 1 atom stereocenters. The Bertz CT molecular complexity index is 490. The number of benzene rings is 1. The predicted octanol–water partition coefficient (Wildman–Crippen LogP) is 2.70. The summed E-state index contributed by atoms with van der Waals surface area (Å²) in [6, 6.07) is 9.56. The first-order valence-electron chi connectivity index (χ1n) is 6.60. The van der Waals surface area contributed by atoms with Gasteiger partial charge in [0.2, 0.25) is 5.91 Å². The Hall–Kier alpha value is -2.10. The molecular formula is C16H21NO3. The highest BCUT2D eigenvalue weighted by molar-refractivity contribution is 5.88. The summed E-state index contributed by atoms with van der Waals surface area (Å²) in [4.78, 5) is 24.7. The van der Waals surface area contributed by atoms with Crippen LogP contribution >= 0.6 is 0 Å². The van der Waals surface area contributed by atoms with E-state index in [1.807, 2.05) is 44.2 Å². The van der Waals surface area contributed by atoms with Crippen LogP contribution in [0.2, 0.25) is 0 Å². The van der Waals surface area contributed by atoms with Gasteiger partial charge in [0.25, 0.3) is 0 Å². The van der Waals surface area contributed by atoms with Gasteiger partial charge in [0.15, 0.2) is 0 Å². The molecule has 4 heteroatoms. The van der Waals surface area contributed by atoms with Crippen LogP contribution < -0.4 is 0 Å². The van der Waals surface area contributed by atoms with Crippen LogP contribution in [0.1, 0.15) is 26.3 Å². The van der Waals surface area contributed by atoms with Crippen molar-refractivity contribution >= 4 is 11.9 Å². The van der Waals surface area contributed by atoms with Gasteiger partial charge in [-0.15, -0.1) is 0 Å². The zero-order valence-corrected chi connectivity index (χ0v) is 12.2. The summed E-state index contributed by atoms with van der Waals surface area (Å²) >= 11 is 0. The van der Waals surface area contributed by atoms with E-state index in [2.05, 4.69) is 0 Å². The monoisotopic (exact) mass is 275 g/mol. The third-order valence-electron chi connectivity index (χ3n) is 2.86. The van der Waals surface area contributed by atoms with Crippen molar-refractivity contribution in [1.82, 2.24) is 4.90 Å². The van der Waals surface area contributed by atoms with E-state index in [0.717, 1.165) is 11.1 Å². The number of carbonyl (C=O) groups excluding carboxylic acids is 1. The van der Waals surface area contributed by atoms with Crippen LogP contribution in [0.15, 0.2) is 42.0 Å². The molecule has 0 unspecified atom stereocenters. The summed E-state index contributed by atoms with van der Waals surface area (Å²) in [5.74, 6) is -1.64. The molecule has 1 amide bonds. The van der Waals surface area contributed by atoms with Gasteiger partial charge in [-0.3, -0.25) is 9.59 Å². The molecule has 20 heavy (non-hydrogen) atoms. The average Bonchev–Trinajstić information content (AvgIpc) is 2.38. The highest BCUT2D eigenvalue weighted by atomic mass is 16.4. The molecule has 0 heterocycles. The van der Waals surface area contributed by atoms with Crippen LogP contribution in [0, 0.1) is 5.92 Å². The van der Waals surface area contributed by atoms with Crippen LogP contribution in [0.4, 0.5) is 0 Å². The summed E-state index contributed by atoms with van der Waals surface area (Å²) in [6.45, 7) is 5.92. The lowest BCUT2D eigenvalue weighted by atomic mass is 10.1. The molecule has 0 radical (unpaired) electrons. The number of carbonyl (C=O) groups is 2. The van der Waals surface area contributed by atoms with E-state index >= 15 is 0 Å². The van der Waals surface area contributed by atoms with Crippen molar-refractivity contribution in [3.8, 4) is 0 Å². The molecule has 0 aliphatic carbocycles.